The van der Waals surface area contributed by atoms with Gasteiger partial charge in [0.2, 0.25) is 21.8 Å². The highest BCUT2D eigenvalue weighted by Crippen LogP contribution is 2.27. The Morgan fingerprint density at radius 1 is 1.09 bits per heavy atom. The molecule has 1 atom stereocenters. The number of nitrogens with one attached hydrogen (secondary N) is 1. The molecule has 0 saturated heterocycles. The average Bonchev–Trinajstić information content (AvgIpc) is 2.75. The van der Waals surface area contributed by atoms with Crippen LogP contribution in [-0.2, 0) is 26.2 Å². The molecule has 2 rings (SSSR count). The van der Waals surface area contributed by atoms with E-state index in [1.54, 1.807) is 49.4 Å². The molecule has 0 aliphatic carbocycles. The first-order valence-corrected chi connectivity index (χ1v) is 13.2. The normalized spacial score (nSPS) is 12.2. The number of nitrogens with zero attached hydrogens (tertiary/aromatic N) is 2. The maximum atomic E-state index is 13.4. The van der Waals surface area contributed by atoms with Crippen LogP contribution in [0.15, 0.2) is 48.5 Å². The number of amides is 2. The molecule has 0 radical (unpaired) electrons. The van der Waals surface area contributed by atoms with Gasteiger partial charge in [0.05, 0.1) is 17.0 Å². The molecule has 2 aromatic carbocycles. The lowest BCUT2D eigenvalue weighted by Crippen LogP contribution is -2.51. The van der Waals surface area contributed by atoms with Gasteiger partial charge in [-0.25, -0.2) is 8.42 Å². The molecule has 2 amide bonds. The number of rotatable bonds is 11. The van der Waals surface area contributed by atoms with Gasteiger partial charge in [0.1, 0.15) is 12.6 Å². The fourth-order valence-electron chi connectivity index (χ4n) is 3.20. The summed E-state index contributed by atoms with van der Waals surface area (Å²) in [6.07, 6.45) is 2.74. The Labute approximate surface area is 205 Å². The molecule has 0 spiro atoms. The molecule has 0 aliphatic rings. The Morgan fingerprint density at radius 3 is 2.39 bits per heavy atom. The summed E-state index contributed by atoms with van der Waals surface area (Å²) in [5.41, 5.74) is 0.908. The van der Waals surface area contributed by atoms with E-state index < -0.39 is 28.5 Å². The maximum Gasteiger partial charge on any atom is 0.244 e. The molecule has 0 saturated carbocycles. The summed E-state index contributed by atoms with van der Waals surface area (Å²) < 4.78 is 26.0. The average molecular weight is 514 g/mol. The van der Waals surface area contributed by atoms with Crippen LogP contribution >= 0.6 is 23.2 Å². The summed E-state index contributed by atoms with van der Waals surface area (Å²) in [6, 6.07) is 12.5. The van der Waals surface area contributed by atoms with Gasteiger partial charge in [0.15, 0.2) is 0 Å². The molecule has 2 aromatic rings. The summed E-state index contributed by atoms with van der Waals surface area (Å²) >= 11 is 12.3. The Hall–Kier alpha value is -2.29. The number of benzene rings is 2. The predicted octanol–water partition coefficient (Wildman–Crippen LogP) is 4.09. The highest BCUT2D eigenvalue weighted by Gasteiger charge is 2.30. The first-order valence-electron chi connectivity index (χ1n) is 10.6. The minimum atomic E-state index is -3.83. The summed E-state index contributed by atoms with van der Waals surface area (Å²) in [7, 11) is -3.83. The number of hydrogen-bond donors (Lipinski definition) is 1. The molecule has 0 aromatic heterocycles. The van der Waals surface area contributed by atoms with Crippen molar-refractivity contribution in [3.8, 4) is 0 Å². The standard InChI is InChI=1S/C23H29Cl2N3O4S/c1-4-5-13-26-23(30)17(2)27(15-18-9-8-10-19(24)14-18)22(29)16-28(33(3,31)32)21-12-7-6-11-20(21)25/h6-12,14,17H,4-5,13,15-16H2,1-3H3,(H,26,30)/t17-/m1/s1. The van der Waals surface area contributed by atoms with Gasteiger partial charge in [-0.3, -0.25) is 13.9 Å². The number of anilines is 1. The largest absolute Gasteiger partial charge is 0.354 e. The predicted molar refractivity (Wildman–Crippen MR) is 133 cm³/mol. The molecular weight excluding hydrogens is 485 g/mol. The minimum Gasteiger partial charge on any atom is -0.354 e. The van der Waals surface area contributed by atoms with E-state index in [-0.39, 0.29) is 23.2 Å². The van der Waals surface area contributed by atoms with Crippen molar-refractivity contribution in [2.75, 3.05) is 23.7 Å². The fraction of sp³-hybridized carbons (Fsp3) is 0.391. The zero-order valence-corrected chi connectivity index (χ0v) is 21.3. The van der Waals surface area contributed by atoms with Gasteiger partial charge in [-0.05, 0) is 43.2 Å². The van der Waals surface area contributed by atoms with E-state index in [1.807, 2.05) is 6.92 Å². The third-order valence-corrected chi connectivity index (χ3v) is 6.72. The lowest BCUT2D eigenvalue weighted by molar-refractivity contribution is -0.139. The number of sulfonamides is 1. The highest BCUT2D eigenvalue weighted by atomic mass is 35.5. The maximum absolute atomic E-state index is 13.4. The van der Waals surface area contributed by atoms with Gasteiger partial charge < -0.3 is 10.2 Å². The second kappa shape index (κ2) is 12.3. The van der Waals surface area contributed by atoms with E-state index in [0.29, 0.717) is 17.1 Å². The van der Waals surface area contributed by atoms with E-state index >= 15 is 0 Å². The number of carbonyl (C=O) groups excluding carboxylic acids is 2. The first-order chi connectivity index (χ1) is 15.5. The van der Waals surface area contributed by atoms with Crippen molar-refractivity contribution in [3.63, 3.8) is 0 Å². The number of unbranched alkanes of at least 4 members (excludes halogenated alkanes) is 1. The highest BCUT2D eigenvalue weighted by molar-refractivity contribution is 7.92. The van der Waals surface area contributed by atoms with Crippen molar-refractivity contribution in [2.45, 2.75) is 39.3 Å². The molecule has 10 heteroatoms. The molecule has 0 fully saturated rings. The van der Waals surface area contributed by atoms with E-state index in [0.717, 1.165) is 23.4 Å². The lowest BCUT2D eigenvalue weighted by atomic mass is 10.1. The SMILES string of the molecule is CCCCNC(=O)[C@@H](C)N(Cc1cccc(Cl)c1)C(=O)CN(c1ccccc1Cl)S(C)(=O)=O. The van der Waals surface area contributed by atoms with Crippen molar-refractivity contribution in [1.82, 2.24) is 10.2 Å². The van der Waals surface area contributed by atoms with Crippen molar-refractivity contribution < 1.29 is 18.0 Å². The van der Waals surface area contributed by atoms with Crippen molar-refractivity contribution in [3.05, 3.63) is 64.1 Å². The van der Waals surface area contributed by atoms with Crippen LogP contribution in [0.4, 0.5) is 5.69 Å². The number of hydrogen-bond acceptors (Lipinski definition) is 4. The molecule has 180 valence electrons. The Morgan fingerprint density at radius 2 is 1.79 bits per heavy atom. The Kier molecular flexibility index (Phi) is 10.0. The smallest absolute Gasteiger partial charge is 0.244 e. The lowest BCUT2D eigenvalue weighted by Gasteiger charge is -2.31. The van der Waals surface area contributed by atoms with Crippen molar-refractivity contribution >= 4 is 50.7 Å². The third-order valence-electron chi connectivity index (χ3n) is 5.04. The van der Waals surface area contributed by atoms with Crippen LogP contribution in [0.1, 0.15) is 32.3 Å². The van der Waals surface area contributed by atoms with E-state index in [4.69, 9.17) is 23.2 Å². The molecular formula is C23H29Cl2N3O4S. The van der Waals surface area contributed by atoms with Gasteiger partial charge in [-0.2, -0.15) is 0 Å². The first kappa shape index (κ1) is 27.0. The molecule has 0 heterocycles. The van der Waals surface area contributed by atoms with Gasteiger partial charge in [0, 0.05) is 18.1 Å². The molecule has 0 bridgehead atoms. The summed E-state index contributed by atoms with van der Waals surface area (Å²) in [5, 5.41) is 3.52. The van der Waals surface area contributed by atoms with Crippen molar-refractivity contribution in [2.24, 2.45) is 0 Å². The Balaban J connectivity index is 2.36. The van der Waals surface area contributed by atoms with Gasteiger partial charge in [0.25, 0.3) is 0 Å². The number of carbonyl (C=O) groups is 2. The second-order valence-electron chi connectivity index (χ2n) is 7.69. The minimum absolute atomic E-state index is 0.0852. The third kappa shape index (κ3) is 7.91. The van der Waals surface area contributed by atoms with Crippen LogP contribution in [0.25, 0.3) is 0 Å². The zero-order valence-electron chi connectivity index (χ0n) is 18.9. The monoisotopic (exact) mass is 513 g/mol. The van der Waals surface area contributed by atoms with Gasteiger partial charge in [-0.15, -0.1) is 0 Å². The van der Waals surface area contributed by atoms with Gasteiger partial charge in [-0.1, -0.05) is 60.8 Å². The molecule has 7 nitrogen and oxygen atoms in total. The quantitative estimate of drug-likeness (QED) is 0.458. The van der Waals surface area contributed by atoms with E-state index in [1.165, 1.54) is 11.0 Å². The number of para-hydroxylation sites is 1. The molecule has 0 aliphatic heterocycles. The van der Waals surface area contributed by atoms with Crippen LogP contribution < -0.4 is 9.62 Å². The zero-order chi connectivity index (χ0) is 24.6. The molecule has 0 unspecified atom stereocenters. The topological polar surface area (TPSA) is 86.8 Å². The van der Waals surface area contributed by atoms with Crippen LogP contribution in [0, 0.1) is 0 Å². The summed E-state index contributed by atoms with van der Waals surface area (Å²) in [6.45, 7) is 3.70. The second-order valence-corrected chi connectivity index (χ2v) is 10.4. The molecule has 33 heavy (non-hydrogen) atoms. The van der Waals surface area contributed by atoms with Gasteiger partial charge >= 0.3 is 0 Å². The summed E-state index contributed by atoms with van der Waals surface area (Å²) in [5.74, 6) is -0.860. The Bertz CT molecular complexity index is 1080. The van der Waals surface area contributed by atoms with Crippen LogP contribution in [0.3, 0.4) is 0 Å². The fourth-order valence-corrected chi connectivity index (χ4v) is 4.56. The van der Waals surface area contributed by atoms with Crippen LogP contribution in [0.5, 0.6) is 0 Å². The van der Waals surface area contributed by atoms with Crippen LogP contribution in [-0.4, -0.2) is 50.5 Å². The van der Waals surface area contributed by atoms with Crippen molar-refractivity contribution in [1.29, 1.82) is 0 Å². The van der Waals surface area contributed by atoms with E-state index in [9.17, 15) is 18.0 Å². The molecule has 1 N–H and O–H groups in total. The summed E-state index contributed by atoms with van der Waals surface area (Å²) in [4.78, 5) is 27.5. The van der Waals surface area contributed by atoms with Crippen LogP contribution in [0.2, 0.25) is 10.0 Å². The van der Waals surface area contributed by atoms with E-state index in [2.05, 4.69) is 5.32 Å². The number of halogens is 2.